The number of carbonyl (C=O) groups is 6. The topological polar surface area (TPSA) is 197 Å². The van der Waals surface area contributed by atoms with E-state index >= 15 is 0 Å². The number of esters is 1. The number of nitrogens with two attached hydrogens (primary N) is 1. The number of primary amides is 1. The molecule has 3 fully saturated rings. The summed E-state index contributed by atoms with van der Waals surface area (Å²) in [7, 11) is 0. The number of hydrogen-bond donors (Lipinski definition) is 5. The van der Waals surface area contributed by atoms with Crippen molar-refractivity contribution in [2.75, 3.05) is 13.1 Å². The van der Waals surface area contributed by atoms with Crippen molar-refractivity contribution in [3.63, 3.8) is 0 Å². The lowest BCUT2D eigenvalue weighted by atomic mass is 9.67. The summed E-state index contributed by atoms with van der Waals surface area (Å²) in [4.78, 5) is 78.8. The molecule has 5 amide bonds. The Labute approximate surface area is 320 Å². The monoisotopic (exact) mass is 754 g/mol. The summed E-state index contributed by atoms with van der Waals surface area (Å²) in [5, 5.41) is 16.6. The van der Waals surface area contributed by atoms with E-state index in [4.69, 9.17) is 15.6 Å². The van der Waals surface area contributed by atoms with E-state index in [1.165, 1.54) is 4.90 Å². The number of ketones is 1. The zero-order valence-corrected chi connectivity index (χ0v) is 35.3. The number of carbonyl (C=O) groups excluding carboxylic acids is 6. The number of nitrogens with zero attached hydrogens (tertiary/aromatic N) is 1. The maximum Gasteiger partial charge on any atom is 0.325 e. The van der Waals surface area contributed by atoms with Gasteiger partial charge < -0.3 is 36.4 Å². The lowest BCUT2D eigenvalue weighted by molar-refractivity contribution is -0.153. The molecule has 0 aromatic carbocycles. The summed E-state index contributed by atoms with van der Waals surface area (Å²) in [5.41, 5.74) is 3.54. The van der Waals surface area contributed by atoms with Gasteiger partial charge in [0.2, 0.25) is 17.6 Å². The summed E-state index contributed by atoms with van der Waals surface area (Å²) in [5.74, 6) is -2.53. The van der Waals surface area contributed by atoms with Crippen molar-refractivity contribution in [3.05, 3.63) is 0 Å². The third-order valence-corrected chi connectivity index (χ3v) is 8.90. The molecule has 3 aliphatic rings. The molecule has 308 valence electrons. The Morgan fingerprint density at radius 2 is 1.42 bits per heavy atom. The highest BCUT2D eigenvalue weighted by Crippen LogP contribution is 2.43. The van der Waals surface area contributed by atoms with Gasteiger partial charge in [-0.25, -0.2) is 4.79 Å². The molecular formula is C40H75N5O8. The van der Waals surface area contributed by atoms with Gasteiger partial charge in [-0.05, 0) is 96.8 Å². The largest absolute Gasteiger partial charge is 0.459 e. The highest BCUT2D eigenvalue weighted by atomic mass is 16.6. The number of amides is 5. The van der Waals surface area contributed by atoms with Gasteiger partial charge in [-0.3, -0.25) is 24.0 Å². The van der Waals surface area contributed by atoms with Crippen LogP contribution in [-0.4, -0.2) is 87.9 Å². The van der Waals surface area contributed by atoms with Gasteiger partial charge in [0.05, 0.1) is 11.6 Å². The van der Waals surface area contributed by atoms with Crippen molar-refractivity contribution in [2.24, 2.45) is 28.9 Å². The number of rotatable bonds is 12. The van der Waals surface area contributed by atoms with Crippen molar-refractivity contribution >= 4 is 35.5 Å². The third kappa shape index (κ3) is 19.6. The molecule has 13 heteroatoms. The smallest absolute Gasteiger partial charge is 0.325 e. The predicted octanol–water partition coefficient (Wildman–Crippen LogP) is 5.40. The molecule has 53 heavy (non-hydrogen) atoms. The number of urea groups is 1. The second-order valence-electron chi connectivity index (χ2n) is 17.2. The number of Topliss-reactive ketones (excluding diaryl/α,β-unsaturated/α-hetero) is 1. The molecule has 4 unspecified atom stereocenters. The van der Waals surface area contributed by atoms with E-state index in [2.05, 4.69) is 36.7 Å². The predicted molar refractivity (Wildman–Crippen MR) is 209 cm³/mol. The first-order valence-corrected chi connectivity index (χ1v) is 19.8. The van der Waals surface area contributed by atoms with Gasteiger partial charge in [-0.1, -0.05) is 80.6 Å². The van der Waals surface area contributed by atoms with Crippen LogP contribution < -0.4 is 21.7 Å². The quantitative estimate of drug-likeness (QED) is 0.129. The molecule has 3 rings (SSSR count). The maximum absolute atomic E-state index is 14.3. The molecule has 1 saturated heterocycles. The summed E-state index contributed by atoms with van der Waals surface area (Å²) in [6.45, 7) is 24.8. The Morgan fingerprint density at radius 3 is 1.85 bits per heavy atom. The fourth-order valence-electron chi connectivity index (χ4n) is 6.40. The van der Waals surface area contributed by atoms with Crippen molar-refractivity contribution in [1.29, 1.82) is 0 Å². The first-order chi connectivity index (χ1) is 24.4. The van der Waals surface area contributed by atoms with E-state index < -0.39 is 64.3 Å². The van der Waals surface area contributed by atoms with Crippen molar-refractivity contribution in [2.45, 2.75) is 184 Å². The van der Waals surface area contributed by atoms with Gasteiger partial charge in [-0.15, -0.1) is 0 Å². The lowest BCUT2D eigenvalue weighted by Crippen LogP contribution is -2.62. The average molecular weight is 754 g/mol. The van der Waals surface area contributed by atoms with Crippen molar-refractivity contribution < 1.29 is 38.6 Å². The van der Waals surface area contributed by atoms with E-state index in [-0.39, 0.29) is 24.3 Å². The van der Waals surface area contributed by atoms with Crippen LogP contribution in [-0.2, 0) is 28.7 Å². The van der Waals surface area contributed by atoms with Crippen molar-refractivity contribution in [3.8, 4) is 0 Å². The van der Waals surface area contributed by atoms with Crippen LogP contribution in [0.1, 0.15) is 154 Å². The number of nitrogens with one attached hydrogen (secondary N) is 3. The molecule has 2 saturated carbocycles. The van der Waals surface area contributed by atoms with Gasteiger partial charge >= 0.3 is 12.0 Å². The molecule has 2 aliphatic carbocycles. The fraction of sp³-hybridized carbons (Fsp3) is 0.850. The van der Waals surface area contributed by atoms with E-state index in [0.29, 0.717) is 25.8 Å². The van der Waals surface area contributed by atoms with E-state index in [0.717, 1.165) is 50.9 Å². The minimum Gasteiger partial charge on any atom is -0.459 e. The number of hydrogen-bond acceptors (Lipinski definition) is 8. The molecule has 0 aromatic heterocycles. The summed E-state index contributed by atoms with van der Waals surface area (Å²) in [6.07, 6.45) is 7.74. The molecule has 13 nitrogen and oxygen atoms in total. The fourth-order valence-corrected chi connectivity index (χ4v) is 6.40. The van der Waals surface area contributed by atoms with Crippen LogP contribution in [0.15, 0.2) is 0 Å². The zero-order valence-electron chi connectivity index (χ0n) is 35.3. The molecule has 0 radical (unpaired) electrons. The average Bonchev–Trinajstić information content (AvgIpc) is 3.78. The highest BCUT2D eigenvalue weighted by molar-refractivity contribution is 6.37. The second-order valence-corrected chi connectivity index (χ2v) is 17.2. The molecule has 4 atom stereocenters. The van der Waals surface area contributed by atoms with Crippen LogP contribution in [0.5, 0.6) is 0 Å². The molecule has 1 aliphatic heterocycles. The maximum atomic E-state index is 14.3. The Balaban J connectivity index is 0.00000217. The molecule has 1 heterocycles. The van der Waals surface area contributed by atoms with Gasteiger partial charge in [0.15, 0.2) is 0 Å². The summed E-state index contributed by atoms with van der Waals surface area (Å²) in [6, 6.07) is -3.48. The lowest BCUT2D eigenvalue weighted by Gasteiger charge is -2.44. The first kappa shape index (κ1) is 49.8. The Bertz CT molecular complexity index is 1170. The molecule has 0 bridgehead atoms. The molecule has 0 aromatic rings. The Kier molecular flexibility index (Phi) is 21.5. The van der Waals surface area contributed by atoms with Gasteiger partial charge in [0, 0.05) is 6.54 Å². The van der Waals surface area contributed by atoms with Crippen molar-refractivity contribution in [1.82, 2.24) is 20.9 Å². The van der Waals surface area contributed by atoms with Crippen LogP contribution in [0.25, 0.3) is 0 Å². The summed E-state index contributed by atoms with van der Waals surface area (Å²) < 4.78 is 5.27. The number of likely N-dealkylation sites (tertiary alicyclic amines) is 1. The summed E-state index contributed by atoms with van der Waals surface area (Å²) >= 11 is 0. The Hall–Kier alpha value is -3.22. The van der Waals surface area contributed by atoms with Crippen LogP contribution in [0.2, 0.25) is 0 Å². The number of ether oxygens (including phenoxy) is 1. The minimum absolute atomic E-state index is 0.204. The molecule has 0 spiro atoms. The van der Waals surface area contributed by atoms with E-state index in [1.807, 2.05) is 27.7 Å². The van der Waals surface area contributed by atoms with Crippen LogP contribution in [0.4, 0.5) is 4.79 Å². The van der Waals surface area contributed by atoms with Gasteiger partial charge in [-0.2, -0.15) is 0 Å². The van der Waals surface area contributed by atoms with E-state index in [9.17, 15) is 28.8 Å². The second kappa shape index (κ2) is 22.9. The zero-order chi connectivity index (χ0) is 41.3. The van der Waals surface area contributed by atoms with Crippen LogP contribution in [0.3, 0.4) is 0 Å². The van der Waals surface area contributed by atoms with Crippen LogP contribution >= 0.6 is 0 Å². The van der Waals surface area contributed by atoms with Crippen LogP contribution in [0, 0.1) is 23.2 Å². The third-order valence-electron chi connectivity index (χ3n) is 8.90. The number of aliphatic hydroxyl groups is 1. The minimum atomic E-state index is -1.10. The standard InChI is InChI=1S/C30H49N5O7.C4H10O.C4H10.C2H6/c1-6-30(13-8-7-9-14-30)24(34-28(41)32-17-21(36)42-29(3,4)5)27(40)35-15-12-18(2)22(35)26(39)33-20(16-19-10-11-19)23(37)25(31)38;1-4(2,3)5;1-4(2)3;1-2/h18-20,22,24H,6-17H2,1-5H3,(H2,31,38)(H,33,39)(H2,32,34,41);5H,1-3H3;4H,1-3H3;1-2H3. The van der Waals surface area contributed by atoms with Gasteiger partial charge in [0.1, 0.15) is 24.2 Å². The normalized spacial score (nSPS) is 20.4. The molecular weight excluding hydrogens is 678 g/mol. The van der Waals surface area contributed by atoms with Gasteiger partial charge in [0.25, 0.3) is 5.91 Å². The van der Waals surface area contributed by atoms with E-state index in [1.54, 1.807) is 41.5 Å². The molecule has 6 N–H and O–H groups in total. The SMILES string of the molecule is CC.CC(C)(C)O.CC(C)C.CCC1(C(NC(=O)NCC(=O)OC(C)(C)C)C(=O)N2CCC(C)C2C(=O)NC(CC2CC2)C(=O)C(N)=O)CCCCC1. The first-order valence-electron chi connectivity index (χ1n) is 19.8. The highest BCUT2D eigenvalue weighted by Gasteiger charge is 2.49. The Morgan fingerprint density at radius 1 is 0.906 bits per heavy atom.